The van der Waals surface area contributed by atoms with Gasteiger partial charge in [-0.3, -0.25) is 43.3 Å². The Labute approximate surface area is 544 Å². The van der Waals surface area contributed by atoms with E-state index in [0.717, 1.165) is 34.0 Å². The van der Waals surface area contributed by atoms with Gasteiger partial charge in [0.25, 0.3) is 17.7 Å². The number of carbonyl (C=O) groups excluding carboxylic acids is 6. The lowest BCUT2D eigenvalue weighted by molar-refractivity contribution is -0.145. The van der Waals surface area contributed by atoms with Crippen LogP contribution in [0.1, 0.15) is 145 Å². The van der Waals surface area contributed by atoms with Crippen LogP contribution in [0.4, 0.5) is 5.82 Å². The van der Waals surface area contributed by atoms with E-state index >= 15 is 0 Å². The molecule has 0 saturated heterocycles. The molecule has 25 nitrogen and oxygen atoms in total. The molecule has 0 spiro atoms. The Balaban J connectivity index is 0.982. The van der Waals surface area contributed by atoms with Gasteiger partial charge >= 0.3 is 11.9 Å². The number of anilines is 1. The van der Waals surface area contributed by atoms with Crippen LogP contribution in [0.15, 0.2) is 64.0 Å². The molecule has 8 aromatic rings. The number of amides is 6. The molecule has 31 heteroatoms. The lowest BCUT2D eigenvalue weighted by atomic mass is 9.77. The summed E-state index contributed by atoms with van der Waals surface area (Å²) in [6.45, 7) is 4.90. The summed E-state index contributed by atoms with van der Waals surface area (Å²) < 4.78 is 5.46. The van der Waals surface area contributed by atoms with E-state index in [2.05, 4.69) is 26.6 Å². The molecule has 474 valence electrons. The largest absolute Gasteiger partial charge is 0.481 e. The number of carboxylic acid groups (broad SMARTS) is 2. The monoisotopic (exact) mass is 1350 g/mol. The Morgan fingerprint density at radius 3 is 2.04 bits per heavy atom. The second-order valence-electron chi connectivity index (χ2n) is 22.4. The standard InChI is InChI=1S/C60H61N13O12S6/c1-26(2)43-57-72-46(39(91-57)21-85-5)50(78)62-20-42(75)69-47(48(76)28-9-7-6-8-10-28)56-67-38(24-88-56)54-65-36(22-87-54)45-33(52-66-37(23-86-52)49(77)64-35(19-41(74)61-4)55-71-44(27(3)90-55)51(79)70-43)15-16-34(63-45)53-68-40(25-89-53)73(32-17-31(18-32)60(83)84)58(80)29-11-13-30(14-12-29)59(81)82/h6-10,15-16,22-26,29-32,35,43,47-48,76H,11-14,17-21H2,1-5H3,(H,61,74)(H,62,78)(H,64,77)(H,69,75)(H,70,79)(H,81,82)(H,83,84)/t29?,30?,31?,32?,35-,43-,47-,48-/m0/s1. The molecule has 2 aliphatic carbocycles. The number of nitrogens with one attached hydrogen (secondary N) is 5. The summed E-state index contributed by atoms with van der Waals surface area (Å²) in [7, 11) is 2.92. The highest BCUT2D eigenvalue weighted by molar-refractivity contribution is 7.15. The van der Waals surface area contributed by atoms with E-state index < -0.39 is 96.0 Å². The number of aliphatic hydroxyl groups is 1. The molecule has 1 aliphatic heterocycles. The van der Waals surface area contributed by atoms with Gasteiger partial charge in [-0.1, -0.05) is 44.2 Å². The van der Waals surface area contributed by atoms with Gasteiger partial charge < -0.3 is 46.6 Å². The maximum absolute atomic E-state index is 14.5. The van der Waals surface area contributed by atoms with Gasteiger partial charge in [0.1, 0.15) is 82.2 Å². The quantitative estimate of drug-likeness (QED) is 0.0537. The number of nitrogens with zero attached hydrogens (tertiary/aromatic N) is 8. The van der Waals surface area contributed by atoms with Gasteiger partial charge in [-0.25, -0.2) is 34.9 Å². The summed E-state index contributed by atoms with van der Waals surface area (Å²) in [5.74, 6) is -6.68. The van der Waals surface area contributed by atoms with E-state index in [1.165, 1.54) is 48.2 Å². The molecule has 10 bridgehead atoms. The van der Waals surface area contributed by atoms with Crippen molar-refractivity contribution in [3.05, 3.63) is 111 Å². The van der Waals surface area contributed by atoms with E-state index in [1.807, 2.05) is 13.8 Å². The number of hydrogen-bond acceptors (Lipinski definition) is 23. The number of thiazole rings is 6. The van der Waals surface area contributed by atoms with E-state index in [0.29, 0.717) is 100 Å². The minimum Gasteiger partial charge on any atom is -0.481 e. The predicted octanol–water partition coefficient (Wildman–Crippen LogP) is 8.40. The van der Waals surface area contributed by atoms with Crippen molar-refractivity contribution in [1.29, 1.82) is 0 Å². The minimum absolute atomic E-state index is 0.00328. The van der Waals surface area contributed by atoms with E-state index in [4.69, 9.17) is 39.6 Å². The van der Waals surface area contributed by atoms with Crippen LogP contribution in [0, 0.1) is 30.6 Å². The third kappa shape index (κ3) is 14.0. The highest BCUT2D eigenvalue weighted by Gasteiger charge is 2.44. The molecule has 3 aliphatic rings. The third-order valence-corrected chi connectivity index (χ3v) is 21.7. The number of rotatable bonds is 13. The first kappa shape index (κ1) is 64.4. The van der Waals surface area contributed by atoms with Gasteiger partial charge in [0, 0.05) is 58.1 Å². The number of aliphatic hydroxyl groups excluding tert-OH is 1. The number of benzene rings is 1. The number of pyridine rings is 1. The number of carboxylic acids is 2. The molecule has 8 heterocycles. The number of carbonyl (C=O) groups is 8. The van der Waals surface area contributed by atoms with Crippen molar-refractivity contribution < 1.29 is 58.4 Å². The second kappa shape index (κ2) is 27.7. The topological polar surface area (TPSA) is 360 Å². The summed E-state index contributed by atoms with van der Waals surface area (Å²) in [4.78, 5) is 145. The SMILES string of the molecule is CNC(=O)C[C@@H]1NC(=O)c2csc(n2)-c2ccc(-c3nc(N(C(=O)C4CCC(C(=O)O)CC4)C4CC(C(=O)O)C4)cs3)nc2-c2csc(n2)-c2csc(n2)[C@H]([C@@H](O)c2ccccc2)NC(=O)CNC(=O)c2nc(sc2COC)[C@H](C(C)C)NC(=O)c2nc1sc2C. The lowest BCUT2D eigenvalue weighted by Gasteiger charge is -2.42. The Morgan fingerprint density at radius 1 is 0.659 bits per heavy atom. The maximum Gasteiger partial charge on any atom is 0.306 e. The van der Waals surface area contributed by atoms with Gasteiger partial charge in [0.05, 0.1) is 54.1 Å². The van der Waals surface area contributed by atoms with Crippen LogP contribution in [-0.4, -0.2) is 124 Å². The van der Waals surface area contributed by atoms with Crippen LogP contribution in [0.3, 0.4) is 0 Å². The molecule has 6 amide bonds. The van der Waals surface area contributed by atoms with Gasteiger partial charge in [0.2, 0.25) is 17.7 Å². The Kier molecular flexibility index (Phi) is 19.6. The number of hydrogen-bond donors (Lipinski definition) is 8. The number of ether oxygens (including phenoxy) is 1. The number of aromatic nitrogens is 7. The fraction of sp³-hybridized carbons (Fsp3) is 0.383. The van der Waals surface area contributed by atoms with Crippen LogP contribution < -0.4 is 31.5 Å². The van der Waals surface area contributed by atoms with Gasteiger partial charge in [-0.2, -0.15) is 0 Å². The highest BCUT2D eigenvalue weighted by atomic mass is 32.1. The van der Waals surface area contributed by atoms with Gasteiger partial charge in [-0.15, -0.1) is 68.0 Å². The molecular formula is C60H61N13O12S6. The van der Waals surface area contributed by atoms with Crippen molar-refractivity contribution in [3.8, 4) is 43.4 Å². The van der Waals surface area contributed by atoms with Crippen molar-refractivity contribution in [3.63, 3.8) is 0 Å². The molecule has 1 aromatic carbocycles. The molecule has 91 heavy (non-hydrogen) atoms. The maximum atomic E-state index is 14.5. The van der Waals surface area contributed by atoms with Crippen LogP contribution in [0.2, 0.25) is 0 Å². The molecule has 4 atom stereocenters. The van der Waals surface area contributed by atoms with Crippen molar-refractivity contribution >= 4 is 121 Å². The van der Waals surface area contributed by atoms with Crippen molar-refractivity contribution in [2.24, 2.45) is 23.7 Å². The van der Waals surface area contributed by atoms with Crippen molar-refractivity contribution in [2.75, 3.05) is 25.6 Å². The van der Waals surface area contributed by atoms with Crippen LogP contribution in [0.5, 0.6) is 0 Å². The first-order chi connectivity index (χ1) is 43.7. The average Bonchev–Trinajstić information content (AvgIpc) is 1.79. The summed E-state index contributed by atoms with van der Waals surface area (Å²) in [5.41, 5.74) is 2.44. The van der Waals surface area contributed by atoms with Crippen LogP contribution >= 0.6 is 68.0 Å². The van der Waals surface area contributed by atoms with Gasteiger partial charge in [-0.05, 0) is 69.1 Å². The van der Waals surface area contributed by atoms with E-state index in [1.54, 1.807) is 75.8 Å². The number of aliphatic carboxylic acids is 2. The summed E-state index contributed by atoms with van der Waals surface area (Å²) >= 11 is 7.07. The second-order valence-corrected chi connectivity index (χ2v) is 28.2. The molecule has 11 rings (SSSR count). The average molecular weight is 1350 g/mol. The summed E-state index contributed by atoms with van der Waals surface area (Å²) in [6, 6.07) is 8.89. The van der Waals surface area contributed by atoms with Gasteiger partial charge in [0.15, 0.2) is 0 Å². The number of fused-ring (bicyclic) bond motifs is 14. The molecule has 0 radical (unpaired) electrons. The van der Waals surface area contributed by atoms with Crippen LogP contribution in [0.25, 0.3) is 43.4 Å². The Hall–Kier alpha value is -8.17. The first-order valence-electron chi connectivity index (χ1n) is 29.0. The molecular weight excluding hydrogens is 1290 g/mol. The smallest absolute Gasteiger partial charge is 0.306 e. The molecule has 2 fully saturated rings. The molecule has 0 unspecified atom stereocenters. The normalized spacial score (nSPS) is 20.9. The molecule has 7 aromatic heterocycles. The lowest BCUT2D eigenvalue weighted by Crippen LogP contribution is -2.52. The zero-order valence-corrected chi connectivity index (χ0v) is 54.4. The number of methoxy groups -OCH3 is 1. The van der Waals surface area contributed by atoms with Crippen molar-refractivity contribution in [1.82, 2.24) is 61.5 Å². The molecule has 8 N–H and O–H groups in total. The molecule has 2 saturated carbocycles. The van der Waals surface area contributed by atoms with Crippen LogP contribution in [-0.2, 0) is 35.3 Å². The number of aryl methyl sites for hydroxylation is 1. The first-order valence-corrected chi connectivity index (χ1v) is 34.1. The summed E-state index contributed by atoms with van der Waals surface area (Å²) in [5, 5.41) is 54.6. The minimum atomic E-state index is -1.30. The zero-order valence-electron chi connectivity index (χ0n) is 49.5. The highest BCUT2D eigenvalue weighted by Crippen LogP contribution is 2.43. The Morgan fingerprint density at radius 2 is 1.33 bits per heavy atom. The fourth-order valence-electron chi connectivity index (χ4n) is 11.0. The fourth-order valence-corrected chi connectivity index (χ4v) is 16.5. The Bertz CT molecular complexity index is 4070. The van der Waals surface area contributed by atoms with E-state index in [9.17, 15) is 53.7 Å². The summed E-state index contributed by atoms with van der Waals surface area (Å²) in [6.07, 6.45) is 0.314. The van der Waals surface area contributed by atoms with E-state index in [-0.39, 0.29) is 59.8 Å². The predicted molar refractivity (Wildman–Crippen MR) is 342 cm³/mol. The zero-order chi connectivity index (χ0) is 64.4. The van der Waals surface area contributed by atoms with Crippen molar-refractivity contribution in [2.45, 2.75) is 103 Å². The third-order valence-electron chi connectivity index (χ3n) is 16.0.